The third-order valence-corrected chi connectivity index (χ3v) is 7.70. The van der Waals surface area contributed by atoms with Gasteiger partial charge in [-0.3, -0.25) is 14.9 Å². The van der Waals surface area contributed by atoms with Crippen molar-refractivity contribution in [2.75, 3.05) is 92.7 Å². The van der Waals surface area contributed by atoms with Gasteiger partial charge in [0.2, 0.25) is 17.8 Å². The van der Waals surface area contributed by atoms with Crippen molar-refractivity contribution in [2.45, 2.75) is 6.42 Å². The molecule has 1 aliphatic rings. The number of piperazine rings is 1. The van der Waals surface area contributed by atoms with Gasteiger partial charge in [0.25, 0.3) is 11.6 Å². The van der Waals surface area contributed by atoms with Crippen molar-refractivity contribution >= 4 is 40.8 Å². The number of hydrogen-bond acceptors (Lipinski definition) is 13. The third kappa shape index (κ3) is 10.8. The summed E-state index contributed by atoms with van der Waals surface area (Å²) in [7, 11) is 0. The van der Waals surface area contributed by atoms with E-state index < -0.39 is 4.92 Å². The van der Waals surface area contributed by atoms with Crippen LogP contribution in [0, 0.1) is 10.1 Å². The van der Waals surface area contributed by atoms with Crippen LogP contribution in [-0.4, -0.2) is 98.0 Å². The summed E-state index contributed by atoms with van der Waals surface area (Å²) in [6.45, 7) is 5.87. The summed E-state index contributed by atoms with van der Waals surface area (Å²) in [5.41, 5.74) is 8.72. The van der Waals surface area contributed by atoms with Crippen molar-refractivity contribution in [1.29, 1.82) is 0 Å². The molecule has 2 heterocycles. The second-order valence-electron chi connectivity index (χ2n) is 11.2. The number of nitrogens with two attached hydrogens (primary N) is 1. The molecule has 4 aromatic rings. The molecule has 258 valence electrons. The number of carbonyl (C=O) groups excluding carboxylic acids is 1. The van der Waals surface area contributed by atoms with Crippen molar-refractivity contribution in [3.05, 3.63) is 100 Å². The van der Waals surface area contributed by atoms with E-state index in [4.69, 9.17) is 25.2 Å². The van der Waals surface area contributed by atoms with Crippen LogP contribution >= 0.6 is 0 Å². The summed E-state index contributed by atoms with van der Waals surface area (Å²) >= 11 is 0. The molecular weight excluding hydrogens is 628 g/mol. The summed E-state index contributed by atoms with van der Waals surface area (Å²) in [6.07, 6.45) is 0.794. The molecule has 0 atom stereocenters. The fourth-order valence-corrected chi connectivity index (χ4v) is 5.17. The highest BCUT2D eigenvalue weighted by atomic mass is 16.6. The predicted octanol–water partition coefficient (Wildman–Crippen LogP) is 3.23. The molecule has 0 radical (unpaired) electrons. The molecule has 0 saturated carbocycles. The second-order valence-corrected chi connectivity index (χ2v) is 11.2. The largest absolute Gasteiger partial charge is 0.378 e. The van der Waals surface area contributed by atoms with Gasteiger partial charge in [0, 0.05) is 74.9 Å². The lowest BCUT2D eigenvalue weighted by molar-refractivity contribution is -0.384. The second kappa shape index (κ2) is 18.2. The van der Waals surface area contributed by atoms with Gasteiger partial charge in [-0.05, 0) is 42.3 Å². The number of ether oxygens (including phenoxy) is 2. The van der Waals surface area contributed by atoms with E-state index in [9.17, 15) is 14.9 Å². The van der Waals surface area contributed by atoms with E-state index in [1.54, 1.807) is 30.3 Å². The molecule has 0 unspecified atom stereocenters. The minimum Gasteiger partial charge on any atom is -0.378 e. The van der Waals surface area contributed by atoms with Crippen LogP contribution < -0.4 is 31.5 Å². The minimum atomic E-state index is -0.397. The van der Waals surface area contributed by atoms with E-state index >= 15 is 0 Å². The number of nitrogens with one attached hydrogen (secondary N) is 3. The van der Waals surface area contributed by atoms with Crippen molar-refractivity contribution in [3.8, 4) is 0 Å². The molecular formula is C34H42N10O5. The maximum Gasteiger partial charge on any atom is 0.269 e. The average molecular weight is 671 g/mol. The SMILES string of the molecule is NCCOCCOCCNC(=O)c1cccc(Nc2nc(NCCc3ccccc3)nc(N3CCN(c4ccc([N+](=O)[O-])cc4)CC3)n2)c1. The summed E-state index contributed by atoms with van der Waals surface area (Å²) < 4.78 is 10.8. The molecule has 15 nitrogen and oxygen atoms in total. The number of non-ortho nitro benzene ring substituents is 1. The first kappa shape index (κ1) is 34.9. The number of rotatable bonds is 18. The predicted molar refractivity (Wildman–Crippen MR) is 189 cm³/mol. The number of carbonyl (C=O) groups is 1. The Morgan fingerprint density at radius 1 is 0.816 bits per heavy atom. The van der Waals surface area contributed by atoms with Crippen LogP contribution in [0.5, 0.6) is 0 Å². The Hall–Kier alpha value is -5.38. The van der Waals surface area contributed by atoms with E-state index in [0.29, 0.717) is 101 Å². The van der Waals surface area contributed by atoms with E-state index in [2.05, 4.69) is 42.9 Å². The van der Waals surface area contributed by atoms with Crippen LogP contribution in [-0.2, 0) is 15.9 Å². The number of amides is 1. The minimum absolute atomic E-state index is 0.0666. The van der Waals surface area contributed by atoms with E-state index in [-0.39, 0.29) is 11.6 Å². The zero-order chi connectivity index (χ0) is 34.3. The Morgan fingerprint density at radius 3 is 2.27 bits per heavy atom. The fraction of sp³-hybridized carbons (Fsp3) is 0.353. The molecule has 0 spiro atoms. The zero-order valence-electron chi connectivity index (χ0n) is 27.3. The molecule has 0 bridgehead atoms. The van der Waals surface area contributed by atoms with Gasteiger partial charge >= 0.3 is 0 Å². The van der Waals surface area contributed by atoms with Crippen LogP contribution in [0.4, 0.5) is 34.9 Å². The summed E-state index contributed by atoms with van der Waals surface area (Å²) in [4.78, 5) is 41.9. The highest BCUT2D eigenvalue weighted by molar-refractivity contribution is 5.95. The molecule has 1 fully saturated rings. The standard InChI is InChI=1S/C34H42N10O5/c35-14-21-48-23-24-49-22-16-36-31(45)27-7-4-8-28(25-27)38-33-39-32(37-15-13-26-5-2-1-3-6-26)40-34(41-33)43-19-17-42(18-20-43)29-9-11-30(12-10-29)44(46)47/h1-12,25H,13-24,35H2,(H,36,45)(H2,37,38,39,40,41). The van der Waals surface area contributed by atoms with Gasteiger partial charge in [-0.15, -0.1) is 0 Å². The van der Waals surface area contributed by atoms with Crippen LogP contribution in [0.25, 0.3) is 0 Å². The molecule has 5 N–H and O–H groups in total. The first-order chi connectivity index (χ1) is 24.0. The van der Waals surface area contributed by atoms with E-state index in [1.165, 1.54) is 17.7 Å². The maximum absolute atomic E-state index is 12.8. The lowest BCUT2D eigenvalue weighted by Crippen LogP contribution is -2.47. The first-order valence-corrected chi connectivity index (χ1v) is 16.3. The van der Waals surface area contributed by atoms with Crippen molar-refractivity contribution in [3.63, 3.8) is 0 Å². The van der Waals surface area contributed by atoms with Gasteiger partial charge < -0.3 is 41.0 Å². The number of anilines is 5. The summed E-state index contributed by atoms with van der Waals surface area (Å²) in [5.74, 6) is 1.07. The number of aromatic nitrogens is 3. The van der Waals surface area contributed by atoms with Gasteiger partial charge in [0.05, 0.1) is 31.4 Å². The van der Waals surface area contributed by atoms with Crippen LogP contribution in [0.3, 0.4) is 0 Å². The molecule has 15 heteroatoms. The smallest absolute Gasteiger partial charge is 0.269 e. The third-order valence-electron chi connectivity index (χ3n) is 7.70. The van der Waals surface area contributed by atoms with Gasteiger partial charge in [-0.25, -0.2) is 0 Å². The highest BCUT2D eigenvalue weighted by Crippen LogP contribution is 2.24. The van der Waals surface area contributed by atoms with Crippen LogP contribution in [0.2, 0.25) is 0 Å². The lowest BCUT2D eigenvalue weighted by Gasteiger charge is -2.36. The molecule has 1 aliphatic heterocycles. The van der Waals surface area contributed by atoms with Gasteiger partial charge in [-0.1, -0.05) is 36.4 Å². The fourth-order valence-electron chi connectivity index (χ4n) is 5.17. The number of nitro groups is 1. The van der Waals surface area contributed by atoms with Gasteiger partial charge in [0.15, 0.2) is 0 Å². The maximum atomic E-state index is 12.8. The Bertz CT molecular complexity index is 1640. The molecule has 1 aromatic heterocycles. The summed E-state index contributed by atoms with van der Waals surface area (Å²) in [5, 5.41) is 20.5. The quantitative estimate of drug-likeness (QED) is 0.0688. The van der Waals surface area contributed by atoms with Crippen molar-refractivity contribution < 1.29 is 19.2 Å². The Kier molecular flexibility index (Phi) is 13.0. The van der Waals surface area contributed by atoms with Crippen molar-refractivity contribution in [2.24, 2.45) is 5.73 Å². The Morgan fingerprint density at radius 2 is 1.53 bits per heavy atom. The van der Waals surface area contributed by atoms with Gasteiger partial charge in [0.1, 0.15) is 0 Å². The van der Waals surface area contributed by atoms with Gasteiger partial charge in [-0.2, -0.15) is 15.0 Å². The lowest BCUT2D eigenvalue weighted by atomic mass is 10.1. The van der Waals surface area contributed by atoms with Crippen LogP contribution in [0.15, 0.2) is 78.9 Å². The van der Waals surface area contributed by atoms with E-state index in [0.717, 1.165) is 12.1 Å². The molecule has 5 rings (SSSR count). The zero-order valence-corrected chi connectivity index (χ0v) is 27.3. The Labute approximate surface area is 285 Å². The highest BCUT2D eigenvalue weighted by Gasteiger charge is 2.22. The number of hydrogen-bond donors (Lipinski definition) is 4. The molecule has 1 amide bonds. The normalized spacial score (nSPS) is 12.8. The molecule has 1 saturated heterocycles. The first-order valence-electron chi connectivity index (χ1n) is 16.3. The topological polar surface area (TPSA) is 186 Å². The summed E-state index contributed by atoms with van der Waals surface area (Å²) in [6, 6.07) is 23.9. The van der Waals surface area contributed by atoms with E-state index in [1.807, 2.05) is 24.3 Å². The Balaban J connectivity index is 1.23. The monoisotopic (exact) mass is 670 g/mol. The number of nitro benzene ring substituents is 1. The molecule has 3 aromatic carbocycles. The number of nitrogens with zero attached hydrogens (tertiary/aromatic N) is 6. The number of benzene rings is 3. The van der Waals surface area contributed by atoms with Crippen LogP contribution in [0.1, 0.15) is 15.9 Å². The molecule has 49 heavy (non-hydrogen) atoms. The average Bonchev–Trinajstić information content (AvgIpc) is 3.13. The van der Waals surface area contributed by atoms with Crippen molar-refractivity contribution in [1.82, 2.24) is 20.3 Å². The molecule has 0 aliphatic carbocycles.